The molecule has 0 aliphatic carbocycles. The van der Waals surface area contributed by atoms with Gasteiger partial charge in [-0.15, -0.1) is 0 Å². The van der Waals surface area contributed by atoms with Crippen LogP contribution in [0.15, 0.2) is 36.7 Å². The highest BCUT2D eigenvalue weighted by Crippen LogP contribution is 2.41. The van der Waals surface area contributed by atoms with Crippen LogP contribution < -0.4 is 15.4 Å². The molecule has 3 aromatic rings. The predicted octanol–water partition coefficient (Wildman–Crippen LogP) is 3.86. The largest absolute Gasteiger partial charge is 0.488 e. The Labute approximate surface area is 196 Å². The molecule has 0 radical (unpaired) electrons. The van der Waals surface area contributed by atoms with Crippen molar-refractivity contribution in [3.05, 3.63) is 58.5 Å². The number of halogens is 1. The fourth-order valence-electron chi connectivity index (χ4n) is 4.10. The summed E-state index contributed by atoms with van der Waals surface area (Å²) in [6.45, 7) is 4.52. The van der Waals surface area contributed by atoms with Crippen LogP contribution in [0.25, 0.3) is 11.3 Å². The molecule has 1 unspecified atom stereocenters. The Hall–Kier alpha value is -3.07. The maximum absolute atomic E-state index is 12.8. The summed E-state index contributed by atoms with van der Waals surface area (Å²) in [4.78, 5) is 20.5. The van der Waals surface area contributed by atoms with E-state index in [0.717, 1.165) is 28.2 Å². The van der Waals surface area contributed by atoms with Crippen LogP contribution in [0, 0.1) is 6.92 Å². The number of hydrogen-bond acceptors (Lipinski definition) is 6. The molecule has 1 fully saturated rings. The van der Waals surface area contributed by atoms with E-state index < -0.39 is 0 Å². The van der Waals surface area contributed by atoms with Crippen LogP contribution in [0.1, 0.15) is 21.6 Å². The van der Waals surface area contributed by atoms with E-state index in [1.54, 1.807) is 12.4 Å². The van der Waals surface area contributed by atoms with Crippen molar-refractivity contribution in [2.45, 2.75) is 19.4 Å². The third-order valence-electron chi connectivity index (χ3n) is 5.86. The van der Waals surface area contributed by atoms with Crippen molar-refractivity contribution in [1.29, 1.82) is 0 Å². The first-order chi connectivity index (χ1) is 16.1. The second kappa shape index (κ2) is 9.43. The number of hydrogen-bond donors (Lipinski definition) is 3. The van der Waals surface area contributed by atoms with Crippen LogP contribution in [0.3, 0.4) is 0 Å². The Balaban J connectivity index is 1.54. The summed E-state index contributed by atoms with van der Waals surface area (Å²) in [5, 5.41) is 7.04. The van der Waals surface area contributed by atoms with E-state index in [1.807, 2.05) is 31.2 Å². The second-order valence-electron chi connectivity index (χ2n) is 8.02. The predicted molar refractivity (Wildman–Crippen MR) is 126 cm³/mol. The van der Waals surface area contributed by atoms with Gasteiger partial charge in [0.1, 0.15) is 18.5 Å². The first-order valence-corrected chi connectivity index (χ1v) is 11.3. The zero-order chi connectivity index (χ0) is 22.8. The van der Waals surface area contributed by atoms with Gasteiger partial charge in [-0.3, -0.25) is 9.78 Å². The van der Waals surface area contributed by atoms with Gasteiger partial charge in [0.15, 0.2) is 0 Å². The van der Waals surface area contributed by atoms with Crippen LogP contribution in [-0.4, -0.2) is 55.0 Å². The average molecular weight is 469 g/mol. The van der Waals surface area contributed by atoms with Gasteiger partial charge in [-0.05, 0) is 30.7 Å². The molecule has 2 aliphatic rings. The van der Waals surface area contributed by atoms with Crippen molar-refractivity contribution in [2.75, 3.05) is 38.3 Å². The lowest BCUT2D eigenvalue weighted by Crippen LogP contribution is -2.33. The van der Waals surface area contributed by atoms with Gasteiger partial charge in [-0.1, -0.05) is 17.7 Å². The minimum atomic E-state index is -0.138. The standard InChI is InChI=1S/C24H25ClN4O4/c1-14-17(25)3-2-4-18(14)28-23-21-19(6-8-27-24(21)30)29-22(23)16-5-7-26-11-20(16)33-13-15-12-31-9-10-32-15/h2-5,7,11,15,28-29H,6,8-10,12-13H2,1H3,(H,27,30). The molecule has 1 atom stereocenters. The Bertz CT molecular complexity index is 1170. The maximum atomic E-state index is 12.8. The molecule has 1 saturated heterocycles. The number of rotatable bonds is 6. The first kappa shape index (κ1) is 21.8. The number of anilines is 2. The minimum Gasteiger partial charge on any atom is -0.488 e. The summed E-state index contributed by atoms with van der Waals surface area (Å²) in [6.07, 6.45) is 3.95. The molecule has 3 N–H and O–H groups in total. The van der Waals surface area contributed by atoms with Crippen LogP contribution in [-0.2, 0) is 15.9 Å². The van der Waals surface area contributed by atoms with Crippen LogP contribution in [0.2, 0.25) is 5.02 Å². The fourth-order valence-corrected chi connectivity index (χ4v) is 4.28. The smallest absolute Gasteiger partial charge is 0.255 e. The van der Waals surface area contributed by atoms with Gasteiger partial charge in [0.2, 0.25) is 0 Å². The number of carbonyl (C=O) groups is 1. The van der Waals surface area contributed by atoms with Gasteiger partial charge >= 0.3 is 0 Å². The molecule has 5 rings (SSSR count). The summed E-state index contributed by atoms with van der Waals surface area (Å²) >= 11 is 6.35. The number of carbonyl (C=O) groups excluding carboxylic acids is 1. The molecule has 2 aliphatic heterocycles. The van der Waals surface area contributed by atoms with Crippen LogP contribution >= 0.6 is 11.6 Å². The van der Waals surface area contributed by atoms with Gasteiger partial charge in [-0.2, -0.15) is 0 Å². The third kappa shape index (κ3) is 4.42. The maximum Gasteiger partial charge on any atom is 0.255 e. The van der Waals surface area contributed by atoms with Crippen molar-refractivity contribution < 1.29 is 19.0 Å². The number of ether oxygens (including phenoxy) is 3. The summed E-state index contributed by atoms with van der Waals surface area (Å²) in [5.41, 5.74) is 5.44. The zero-order valence-electron chi connectivity index (χ0n) is 18.2. The van der Waals surface area contributed by atoms with Gasteiger partial charge in [0.25, 0.3) is 5.91 Å². The molecule has 0 saturated carbocycles. The van der Waals surface area contributed by atoms with E-state index in [1.165, 1.54) is 0 Å². The molecule has 4 heterocycles. The molecule has 2 aromatic heterocycles. The Kier molecular flexibility index (Phi) is 6.22. The van der Waals surface area contributed by atoms with Gasteiger partial charge < -0.3 is 29.8 Å². The van der Waals surface area contributed by atoms with Gasteiger partial charge in [0, 0.05) is 41.1 Å². The van der Waals surface area contributed by atoms with Crippen molar-refractivity contribution >= 4 is 28.9 Å². The monoisotopic (exact) mass is 468 g/mol. The molecule has 33 heavy (non-hydrogen) atoms. The Morgan fingerprint density at radius 2 is 2.21 bits per heavy atom. The molecule has 1 aromatic carbocycles. The number of benzene rings is 1. The van der Waals surface area contributed by atoms with Crippen molar-refractivity contribution in [1.82, 2.24) is 15.3 Å². The lowest BCUT2D eigenvalue weighted by Gasteiger charge is -2.23. The SMILES string of the molecule is Cc1c(Cl)cccc1Nc1c(-c2ccncc2OCC2COCCO2)[nH]c2c1C(=O)NCC2. The highest BCUT2D eigenvalue weighted by atomic mass is 35.5. The lowest BCUT2D eigenvalue weighted by atomic mass is 10.0. The number of nitrogens with zero attached hydrogens (tertiary/aromatic N) is 1. The summed E-state index contributed by atoms with van der Waals surface area (Å²) in [7, 11) is 0. The van der Waals surface area contributed by atoms with Crippen molar-refractivity contribution in [2.24, 2.45) is 0 Å². The van der Waals surface area contributed by atoms with E-state index in [9.17, 15) is 4.79 Å². The van der Waals surface area contributed by atoms with Gasteiger partial charge in [0.05, 0.1) is 43.0 Å². The number of fused-ring (bicyclic) bond motifs is 1. The molecule has 0 spiro atoms. The first-order valence-electron chi connectivity index (χ1n) is 10.9. The molecule has 0 bridgehead atoms. The summed E-state index contributed by atoms with van der Waals surface area (Å²) in [5.74, 6) is 0.474. The lowest BCUT2D eigenvalue weighted by molar-refractivity contribution is -0.101. The van der Waals surface area contributed by atoms with Crippen molar-refractivity contribution in [3.8, 4) is 17.0 Å². The van der Waals surface area contributed by atoms with E-state index in [0.29, 0.717) is 61.4 Å². The highest BCUT2D eigenvalue weighted by molar-refractivity contribution is 6.31. The summed E-state index contributed by atoms with van der Waals surface area (Å²) in [6, 6.07) is 7.53. The summed E-state index contributed by atoms with van der Waals surface area (Å²) < 4.78 is 17.3. The van der Waals surface area contributed by atoms with E-state index in [-0.39, 0.29) is 12.0 Å². The van der Waals surface area contributed by atoms with Crippen LogP contribution in [0.4, 0.5) is 11.4 Å². The van der Waals surface area contributed by atoms with E-state index in [2.05, 4.69) is 20.6 Å². The Morgan fingerprint density at radius 3 is 3.06 bits per heavy atom. The molecule has 1 amide bonds. The molecule has 9 heteroatoms. The molecule has 8 nitrogen and oxygen atoms in total. The fraction of sp³-hybridized carbons (Fsp3) is 0.333. The molecule has 172 valence electrons. The minimum absolute atomic E-state index is 0.120. The second-order valence-corrected chi connectivity index (χ2v) is 8.43. The Morgan fingerprint density at radius 1 is 1.30 bits per heavy atom. The van der Waals surface area contributed by atoms with Gasteiger partial charge in [-0.25, -0.2) is 0 Å². The normalized spacial score (nSPS) is 17.9. The highest BCUT2D eigenvalue weighted by Gasteiger charge is 2.28. The number of amides is 1. The van der Waals surface area contributed by atoms with Crippen LogP contribution in [0.5, 0.6) is 5.75 Å². The average Bonchev–Trinajstić information content (AvgIpc) is 3.21. The number of aromatic amines is 1. The topological polar surface area (TPSA) is 97.5 Å². The third-order valence-corrected chi connectivity index (χ3v) is 6.27. The number of pyridine rings is 1. The van der Waals surface area contributed by atoms with E-state index >= 15 is 0 Å². The molecular formula is C24H25ClN4O4. The zero-order valence-corrected chi connectivity index (χ0v) is 19.0. The number of H-pyrrole nitrogens is 1. The van der Waals surface area contributed by atoms with E-state index in [4.69, 9.17) is 25.8 Å². The quantitative estimate of drug-likeness (QED) is 0.508. The number of aromatic nitrogens is 2. The molecular weight excluding hydrogens is 444 g/mol. The number of nitrogens with one attached hydrogen (secondary N) is 3. The van der Waals surface area contributed by atoms with Crippen molar-refractivity contribution in [3.63, 3.8) is 0 Å².